The van der Waals surface area contributed by atoms with Crippen molar-refractivity contribution in [2.45, 2.75) is 24.3 Å². The summed E-state index contributed by atoms with van der Waals surface area (Å²) in [7, 11) is 0. The van der Waals surface area contributed by atoms with Gasteiger partial charge in [-0.25, -0.2) is 0 Å². The highest BCUT2D eigenvalue weighted by molar-refractivity contribution is 7.98. The van der Waals surface area contributed by atoms with Gasteiger partial charge in [-0.15, -0.1) is 11.8 Å². The second kappa shape index (κ2) is 7.57. The van der Waals surface area contributed by atoms with Gasteiger partial charge in [-0.05, 0) is 41.7 Å². The Balaban J connectivity index is 1.80. The number of anilines is 1. The monoisotopic (exact) mass is 352 g/mol. The van der Waals surface area contributed by atoms with E-state index in [2.05, 4.69) is 5.32 Å². The molecule has 2 amide bonds. The molecule has 0 fully saturated rings. The van der Waals surface area contributed by atoms with Gasteiger partial charge >= 0.3 is 0 Å². The lowest BCUT2D eigenvalue weighted by molar-refractivity contribution is -0.129. The molecule has 1 atom stereocenters. The molecule has 2 aromatic rings. The molecule has 2 aromatic carbocycles. The molecule has 4 nitrogen and oxygen atoms in total. The molecular formula is C20H20N2O2S. The summed E-state index contributed by atoms with van der Waals surface area (Å²) in [5.41, 5.74) is 2.81. The topological polar surface area (TPSA) is 49.4 Å². The molecule has 25 heavy (non-hydrogen) atoms. The maximum absolute atomic E-state index is 12.6. The van der Waals surface area contributed by atoms with Crippen molar-refractivity contribution in [1.29, 1.82) is 0 Å². The standard InChI is InChI=1S/C20H20N2O2S/c1-14(23)22-11-10-15-6-3-4-9-18(15)19(22)13-20(24)21-16-7-5-8-17(12-16)25-2/h3-12,19H,13H2,1-2H3,(H,21,24)/t19-/m1/s1. The van der Waals surface area contributed by atoms with E-state index in [4.69, 9.17) is 0 Å². The third kappa shape index (κ3) is 3.94. The van der Waals surface area contributed by atoms with E-state index in [-0.39, 0.29) is 24.3 Å². The van der Waals surface area contributed by atoms with Crippen LogP contribution in [0.2, 0.25) is 0 Å². The number of amides is 2. The van der Waals surface area contributed by atoms with E-state index >= 15 is 0 Å². The number of rotatable bonds is 4. The van der Waals surface area contributed by atoms with Crippen LogP contribution in [0.3, 0.4) is 0 Å². The van der Waals surface area contributed by atoms with Crippen LogP contribution in [0, 0.1) is 0 Å². The summed E-state index contributed by atoms with van der Waals surface area (Å²) in [4.78, 5) is 27.3. The van der Waals surface area contributed by atoms with Crippen molar-refractivity contribution < 1.29 is 9.59 Å². The Labute approximate surface area is 151 Å². The zero-order valence-electron chi connectivity index (χ0n) is 14.2. The molecule has 0 saturated carbocycles. The predicted molar refractivity (Wildman–Crippen MR) is 102 cm³/mol. The van der Waals surface area contributed by atoms with Gasteiger partial charge in [0.2, 0.25) is 11.8 Å². The van der Waals surface area contributed by atoms with E-state index in [0.29, 0.717) is 0 Å². The first-order valence-corrected chi connectivity index (χ1v) is 9.31. The second-order valence-corrected chi connectivity index (χ2v) is 6.75. The lowest BCUT2D eigenvalue weighted by Gasteiger charge is -2.32. The molecule has 0 bridgehead atoms. The highest BCUT2D eigenvalue weighted by atomic mass is 32.2. The first-order chi connectivity index (χ1) is 12.1. The third-order valence-electron chi connectivity index (χ3n) is 4.20. The Hall–Kier alpha value is -2.53. The number of thioether (sulfide) groups is 1. The Morgan fingerprint density at radius 2 is 1.96 bits per heavy atom. The van der Waals surface area contributed by atoms with Crippen LogP contribution in [0.4, 0.5) is 5.69 Å². The van der Waals surface area contributed by atoms with Crippen LogP contribution in [-0.4, -0.2) is 23.0 Å². The van der Waals surface area contributed by atoms with E-state index in [0.717, 1.165) is 21.7 Å². The van der Waals surface area contributed by atoms with E-state index < -0.39 is 0 Å². The van der Waals surface area contributed by atoms with Gasteiger partial charge in [0.25, 0.3) is 0 Å². The van der Waals surface area contributed by atoms with Gasteiger partial charge in [0.1, 0.15) is 0 Å². The normalized spacial score (nSPS) is 15.6. The number of benzene rings is 2. The van der Waals surface area contributed by atoms with E-state index in [1.54, 1.807) is 22.9 Å². The van der Waals surface area contributed by atoms with Gasteiger partial charge in [-0.3, -0.25) is 9.59 Å². The molecule has 0 aliphatic carbocycles. The number of nitrogens with zero attached hydrogens (tertiary/aromatic N) is 1. The van der Waals surface area contributed by atoms with Gasteiger partial charge in [0.15, 0.2) is 0 Å². The van der Waals surface area contributed by atoms with Crippen molar-refractivity contribution in [2.24, 2.45) is 0 Å². The predicted octanol–water partition coefficient (Wildman–Crippen LogP) is 4.31. The van der Waals surface area contributed by atoms with Crippen molar-refractivity contribution in [3.8, 4) is 0 Å². The lowest BCUT2D eigenvalue weighted by Crippen LogP contribution is -2.33. The molecule has 0 spiro atoms. The molecule has 0 unspecified atom stereocenters. The largest absolute Gasteiger partial charge is 0.326 e. The van der Waals surface area contributed by atoms with Crippen LogP contribution < -0.4 is 5.32 Å². The van der Waals surface area contributed by atoms with Crippen molar-refractivity contribution in [1.82, 2.24) is 4.90 Å². The fraction of sp³-hybridized carbons (Fsp3) is 0.200. The first kappa shape index (κ1) is 17.3. The zero-order chi connectivity index (χ0) is 17.8. The Bertz CT molecular complexity index is 832. The molecule has 1 aliphatic rings. The summed E-state index contributed by atoms with van der Waals surface area (Å²) < 4.78 is 0. The van der Waals surface area contributed by atoms with Crippen LogP contribution in [-0.2, 0) is 9.59 Å². The molecule has 0 aromatic heterocycles. The van der Waals surface area contributed by atoms with Crippen molar-refractivity contribution in [3.05, 3.63) is 65.9 Å². The Morgan fingerprint density at radius 1 is 1.16 bits per heavy atom. The minimum atomic E-state index is -0.289. The van der Waals surface area contributed by atoms with Gasteiger partial charge in [0.05, 0.1) is 12.5 Å². The number of nitrogens with one attached hydrogen (secondary N) is 1. The maximum Gasteiger partial charge on any atom is 0.226 e. The van der Waals surface area contributed by atoms with Crippen molar-refractivity contribution >= 4 is 35.3 Å². The summed E-state index contributed by atoms with van der Waals surface area (Å²) in [5.74, 6) is -0.187. The average Bonchev–Trinajstić information content (AvgIpc) is 2.61. The van der Waals surface area contributed by atoms with Crippen LogP contribution in [0.15, 0.2) is 59.6 Å². The molecular weight excluding hydrogens is 332 g/mol. The van der Waals surface area contributed by atoms with E-state index in [1.807, 2.05) is 60.9 Å². The molecule has 3 rings (SSSR count). The Kier molecular flexibility index (Phi) is 5.24. The zero-order valence-corrected chi connectivity index (χ0v) is 15.0. The molecule has 128 valence electrons. The van der Waals surface area contributed by atoms with Gasteiger partial charge in [-0.2, -0.15) is 0 Å². The first-order valence-electron chi connectivity index (χ1n) is 8.08. The average molecular weight is 352 g/mol. The van der Waals surface area contributed by atoms with Crippen molar-refractivity contribution in [2.75, 3.05) is 11.6 Å². The summed E-state index contributed by atoms with van der Waals surface area (Å²) in [6.45, 7) is 1.52. The lowest BCUT2D eigenvalue weighted by atomic mass is 9.93. The molecule has 1 N–H and O–H groups in total. The minimum Gasteiger partial charge on any atom is -0.326 e. The number of carbonyl (C=O) groups is 2. The highest BCUT2D eigenvalue weighted by Crippen LogP contribution is 2.33. The second-order valence-electron chi connectivity index (χ2n) is 5.87. The molecule has 0 radical (unpaired) electrons. The molecule has 1 heterocycles. The fourth-order valence-electron chi connectivity index (χ4n) is 3.00. The SMILES string of the molecule is CSc1cccc(NC(=O)C[C@@H]2c3ccccc3C=CN2C(C)=O)c1. The summed E-state index contributed by atoms with van der Waals surface area (Å²) in [6.07, 6.45) is 5.88. The summed E-state index contributed by atoms with van der Waals surface area (Å²) >= 11 is 1.63. The van der Waals surface area contributed by atoms with Gasteiger partial charge in [-0.1, -0.05) is 30.3 Å². The number of fused-ring (bicyclic) bond motifs is 1. The molecule has 1 aliphatic heterocycles. The quantitative estimate of drug-likeness (QED) is 0.834. The Morgan fingerprint density at radius 3 is 2.72 bits per heavy atom. The summed E-state index contributed by atoms with van der Waals surface area (Å²) in [5, 5.41) is 2.94. The number of carbonyl (C=O) groups excluding carboxylic acids is 2. The van der Waals surface area contributed by atoms with Crippen LogP contribution in [0.1, 0.15) is 30.5 Å². The molecule has 5 heteroatoms. The fourth-order valence-corrected chi connectivity index (χ4v) is 3.46. The molecule has 0 saturated heterocycles. The van der Waals surface area contributed by atoms with Crippen LogP contribution in [0.5, 0.6) is 0 Å². The van der Waals surface area contributed by atoms with Gasteiger partial charge in [0, 0.05) is 23.7 Å². The number of hydrogen-bond acceptors (Lipinski definition) is 3. The maximum atomic E-state index is 12.6. The highest BCUT2D eigenvalue weighted by Gasteiger charge is 2.28. The van der Waals surface area contributed by atoms with Gasteiger partial charge < -0.3 is 10.2 Å². The van der Waals surface area contributed by atoms with Crippen molar-refractivity contribution in [3.63, 3.8) is 0 Å². The number of hydrogen-bond donors (Lipinski definition) is 1. The summed E-state index contributed by atoms with van der Waals surface area (Å²) in [6, 6.07) is 15.3. The van der Waals surface area contributed by atoms with E-state index in [1.165, 1.54) is 6.92 Å². The third-order valence-corrected chi connectivity index (χ3v) is 4.93. The van der Waals surface area contributed by atoms with Crippen LogP contribution >= 0.6 is 11.8 Å². The smallest absolute Gasteiger partial charge is 0.226 e. The van der Waals surface area contributed by atoms with Crippen LogP contribution in [0.25, 0.3) is 6.08 Å². The van der Waals surface area contributed by atoms with E-state index in [9.17, 15) is 9.59 Å². The minimum absolute atomic E-state index is 0.0760.